The minimum absolute atomic E-state index is 0.177. The second-order valence-corrected chi connectivity index (χ2v) is 5.14. The Morgan fingerprint density at radius 1 is 1.14 bits per heavy atom. The molecule has 0 aliphatic carbocycles. The van der Waals surface area contributed by atoms with Gasteiger partial charge in [0.2, 0.25) is 5.91 Å². The summed E-state index contributed by atoms with van der Waals surface area (Å²) in [5, 5.41) is 3.56. The first-order valence-electron chi connectivity index (χ1n) is 6.28. The molecule has 0 saturated heterocycles. The first-order chi connectivity index (χ1) is 10.1. The third-order valence-electron chi connectivity index (χ3n) is 2.66. The van der Waals surface area contributed by atoms with Gasteiger partial charge in [0.25, 0.3) is 0 Å². The summed E-state index contributed by atoms with van der Waals surface area (Å²) in [5.41, 5.74) is 6.88. The normalized spacial score (nSPS) is 10.2. The van der Waals surface area contributed by atoms with E-state index in [0.29, 0.717) is 27.2 Å². The largest absolute Gasteiger partial charge is 0.490 e. The highest BCUT2D eigenvalue weighted by molar-refractivity contribution is 6.37. The number of nitrogen functional groups attached to an aromatic ring is 1. The van der Waals surface area contributed by atoms with Crippen LogP contribution in [0.2, 0.25) is 10.0 Å². The van der Waals surface area contributed by atoms with Crippen molar-refractivity contribution in [1.29, 1.82) is 0 Å². The van der Waals surface area contributed by atoms with Crippen LogP contribution < -0.4 is 15.8 Å². The summed E-state index contributed by atoms with van der Waals surface area (Å²) in [6.07, 6.45) is 0.177. The van der Waals surface area contributed by atoms with E-state index in [4.69, 9.17) is 33.7 Å². The van der Waals surface area contributed by atoms with Gasteiger partial charge in [-0.25, -0.2) is 0 Å². The number of ether oxygens (including phenoxy) is 1. The molecule has 6 heteroatoms. The van der Waals surface area contributed by atoms with E-state index in [-0.39, 0.29) is 18.9 Å². The number of benzene rings is 2. The standard InChI is InChI=1S/C15H14Cl2N2O2/c16-12-5-2-6-13(17)15(12)21-8-7-14(20)19-11-4-1-3-10(18)9-11/h1-6,9H,7-8,18H2,(H,19,20). The maximum Gasteiger partial charge on any atom is 0.227 e. The smallest absolute Gasteiger partial charge is 0.227 e. The van der Waals surface area contributed by atoms with Gasteiger partial charge in [-0.15, -0.1) is 0 Å². The van der Waals surface area contributed by atoms with Crippen molar-refractivity contribution in [3.05, 3.63) is 52.5 Å². The Kier molecular flexibility index (Phi) is 5.31. The lowest BCUT2D eigenvalue weighted by atomic mass is 10.3. The van der Waals surface area contributed by atoms with Crippen LogP contribution in [0.3, 0.4) is 0 Å². The molecule has 0 aliphatic heterocycles. The lowest BCUT2D eigenvalue weighted by Crippen LogP contribution is -2.15. The highest BCUT2D eigenvalue weighted by Crippen LogP contribution is 2.32. The molecule has 0 aromatic heterocycles. The van der Waals surface area contributed by atoms with E-state index in [9.17, 15) is 4.79 Å². The average molecular weight is 325 g/mol. The number of hydrogen-bond donors (Lipinski definition) is 2. The summed E-state index contributed by atoms with van der Waals surface area (Å²) in [6, 6.07) is 12.0. The molecule has 2 aromatic carbocycles. The fraction of sp³-hybridized carbons (Fsp3) is 0.133. The summed E-state index contributed by atoms with van der Waals surface area (Å²) in [4.78, 5) is 11.8. The highest BCUT2D eigenvalue weighted by Gasteiger charge is 2.08. The maximum absolute atomic E-state index is 11.8. The Balaban J connectivity index is 1.85. The topological polar surface area (TPSA) is 64.3 Å². The lowest BCUT2D eigenvalue weighted by molar-refractivity contribution is -0.116. The van der Waals surface area contributed by atoms with Gasteiger partial charge in [0.05, 0.1) is 23.1 Å². The number of amides is 1. The van der Waals surface area contributed by atoms with E-state index in [1.54, 1.807) is 42.5 Å². The molecule has 2 rings (SSSR count). The van der Waals surface area contributed by atoms with Crippen LogP contribution in [0, 0.1) is 0 Å². The number of nitrogens with two attached hydrogens (primary N) is 1. The van der Waals surface area contributed by atoms with Crippen molar-refractivity contribution < 1.29 is 9.53 Å². The minimum Gasteiger partial charge on any atom is -0.490 e. The first kappa shape index (κ1) is 15.5. The van der Waals surface area contributed by atoms with Crippen LogP contribution in [-0.4, -0.2) is 12.5 Å². The van der Waals surface area contributed by atoms with Crippen molar-refractivity contribution in [3.63, 3.8) is 0 Å². The molecule has 0 aliphatic rings. The maximum atomic E-state index is 11.8. The predicted octanol–water partition coefficient (Wildman–Crippen LogP) is 3.98. The van der Waals surface area contributed by atoms with Crippen molar-refractivity contribution in [1.82, 2.24) is 0 Å². The molecule has 0 radical (unpaired) electrons. The summed E-state index contributed by atoms with van der Waals surface area (Å²) in [5.74, 6) is 0.210. The molecule has 0 atom stereocenters. The van der Waals surface area contributed by atoms with Crippen molar-refractivity contribution in [2.45, 2.75) is 6.42 Å². The van der Waals surface area contributed by atoms with E-state index in [0.717, 1.165) is 0 Å². The molecule has 21 heavy (non-hydrogen) atoms. The minimum atomic E-state index is -0.177. The Labute approximate surface area is 132 Å². The monoisotopic (exact) mass is 324 g/mol. The van der Waals surface area contributed by atoms with Crippen LogP contribution in [-0.2, 0) is 4.79 Å². The Hall–Kier alpha value is -1.91. The molecular formula is C15H14Cl2N2O2. The Bertz CT molecular complexity index is 627. The van der Waals surface area contributed by atoms with Gasteiger partial charge in [-0.05, 0) is 30.3 Å². The van der Waals surface area contributed by atoms with E-state index in [1.807, 2.05) is 0 Å². The summed E-state index contributed by atoms with van der Waals surface area (Å²) < 4.78 is 5.45. The molecule has 0 saturated carbocycles. The lowest BCUT2D eigenvalue weighted by Gasteiger charge is -2.10. The zero-order valence-corrected chi connectivity index (χ0v) is 12.6. The molecule has 0 unspecified atom stereocenters. The van der Waals surface area contributed by atoms with E-state index in [1.165, 1.54) is 0 Å². The van der Waals surface area contributed by atoms with Crippen LogP contribution >= 0.6 is 23.2 Å². The molecule has 0 bridgehead atoms. The number of rotatable bonds is 5. The molecule has 4 nitrogen and oxygen atoms in total. The molecule has 3 N–H and O–H groups in total. The molecule has 1 amide bonds. The molecule has 0 fully saturated rings. The number of nitrogens with one attached hydrogen (secondary N) is 1. The zero-order chi connectivity index (χ0) is 15.2. The second kappa shape index (κ2) is 7.20. The van der Waals surface area contributed by atoms with Crippen LogP contribution in [0.25, 0.3) is 0 Å². The van der Waals surface area contributed by atoms with Crippen LogP contribution in [0.1, 0.15) is 6.42 Å². The van der Waals surface area contributed by atoms with Crippen LogP contribution in [0.5, 0.6) is 5.75 Å². The zero-order valence-electron chi connectivity index (χ0n) is 11.1. The summed E-state index contributed by atoms with van der Waals surface area (Å²) in [7, 11) is 0. The number of carbonyl (C=O) groups excluding carboxylic acids is 1. The number of para-hydroxylation sites is 1. The van der Waals surface area contributed by atoms with Crippen LogP contribution in [0.15, 0.2) is 42.5 Å². The molecule has 0 heterocycles. The number of halogens is 2. The van der Waals surface area contributed by atoms with Gasteiger partial charge in [0.1, 0.15) is 0 Å². The second-order valence-electron chi connectivity index (χ2n) is 4.32. The number of hydrogen-bond acceptors (Lipinski definition) is 3. The van der Waals surface area contributed by atoms with Gasteiger partial charge in [-0.2, -0.15) is 0 Å². The van der Waals surface area contributed by atoms with E-state index < -0.39 is 0 Å². The van der Waals surface area contributed by atoms with Crippen LogP contribution in [0.4, 0.5) is 11.4 Å². The first-order valence-corrected chi connectivity index (χ1v) is 7.04. The number of carbonyl (C=O) groups is 1. The fourth-order valence-corrected chi connectivity index (χ4v) is 2.21. The van der Waals surface area contributed by atoms with Crippen molar-refractivity contribution >= 4 is 40.5 Å². The van der Waals surface area contributed by atoms with Gasteiger partial charge < -0.3 is 15.8 Å². The third kappa shape index (κ3) is 4.55. The molecule has 110 valence electrons. The van der Waals surface area contributed by atoms with Gasteiger partial charge in [0, 0.05) is 11.4 Å². The number of anilines is 2. The molecule has 2 aromatic rings. The average Bonchev–Trinajstić information content (AvgIpc) is 2.42. The SMILES string of the molecule is Nc1cccc(NC(=O)CCOc2c(Cl)cccc2Cl)c1. The summed E-state index contributed by atoms with van der Waals surface area (Å²) in [6.45, 7) is 0.178. The molecular weight excluding hydrogens is 311 g/mol. The Morgan fingerprint density at radius 2 is 1.81 bits per heavy atom. The summed E-state index contributed by atoms with van der Waals surface area (Å²) >= 11 is 11.9. The van der Waals surface area contributed by atoms with E-state index >= 15 is 0 Å². The van der Waals surface area contributed by atoms with Crippen molar-refractivity contribution in [3.8, 4) is 5.75 Å². The van der Waals surface area contributed by atoms with Crippen molar-refractivity contribution in [2.24, 2.45) is 0 Å². The van der Waals surface area contributed by atoms with Gasteiger partial charge in [-0.1, -0.05) is 35.3 Å². The fourth-order valence-electron chi connectivity index (χ4n) is 1.71. The van der Waals surface area contributed by atoms with Gasteiger partial charge in [-0.3, -0.25) is 4.79 Å². The third-order valence-corrected chi connectivity index (χ3v) is 3.26. The van der Waals surface area contributed by atoms with Gasteiger partial charge in [0.15, 0.2) is 5.75 Å². The quantitative estimate of drug-likeness (QED) is 0.817. The van der Waals surface area contributed by atoms with E-state index in [2.05, 4.69) is 5.32 Å². The van der Waals surface area contributed by atoms with Gasteiger partial charge >= 0.3 is 0 Å². The van der Waals surface area contributed by atoms with Crippen molar-refractivity contribution in [2.75, 3.05) is 17.7 Å². The molecule has 0 spiro atoms. The predicted molar refractivity (Wildman–Crippen MR) is 86.1 cm³/mol. The highest BCUT2D eigenvalue weighted by atomic mass is 35.5. The Morgan fingerprint density at radius 3 is 2.48 bits per heavy atom.